The normalized spacial score (nSPS) is 23.4. The van der Waals surface area contributed by atoms with Crippen LogP contribution in [0, 0.1) is 12.3 Å². The number of anilines is 1. The van der Waals surface area contributed by atoms with Gasteiger partial charge in [-0.3, -0.25) is 0 Å². The maximum atomic E-state index is 6.15. The molecule has 1 aromatic rings. The lowest BCUT2D eigenvalue weighted by atomic mass is 9.75. The van der Waals surface area contributed by atoms with Crippen LogP contribution in [0.4, 0.5) is 5.69 Å². The van der Waals surface area contributed by atoms with E-state index in [4.69, 9.17) is 11.6 Å². The first-order valence-electron chi connectivity index (χ1n) is 6.50. The molecule has 0 spiro atoms. The molecule has 1 N–H and O–H groups in total. The van der Waals surface area contributed by atoms with Crippen LogP contribution in [0.15, 0.2) is 18.2 Å². The molecule has 1 unspecified atom stereocenters. The molecular weight excluding hydrogens is 230 g/mol. The zero-order chi connectivity index (χ0) is 12.5. The molecule has 17 heavy (non-hydrogen) atoms. The van der Waals surface area contributed by atoms with E-state index in [2.05, 4.69) is 32.2 Å². The number of rotatable bonds is 2. The van der Waals surface area contributed by atoms with Crippen molar-refractivity contribution in [3.63, 3.8) is 0 Å². The average molecular weight is 252 g/mol. The molecule has 0 bridgehead atoms. The molecule has 1 saturated carbocycles. The minimum absolute atomic E-state index is 0.475. The summed E-state index contributed by atoms with van der Waals surface area (Å²) in [4.78, 5) is 0. The Morgan fingerprint density at radius 3 is 2.82 bits per heavy atom. The second-order valence-corrected chi connectivity index (χ2v) is 6.42. The third-order valence-electron chi connectivity index (χ3n) is 3.83. The predicted molar refractivity (Wildman–Crippen MR) is 75.8 cm³/mol. The van der Waals surface area contributed by atoms with Crippen molar-refractivity contribution in [3.05, 3.63) is 28.8 Å². The Bertz CT molecular complexity index is 398. The third kappa shape index (κ3) is 3.16. The van der Waals surface area contributed by atoms with Gasteiger partial charge in [-0.05, 0) is 49.3 Å². The first-order valence-corrected chi connectivity index (χ1v) is 6.87. The van der Waals surface area contributed by atoms with E-state index in [1.165, 1.54) is 31.4 Å². The summed E-state index contributed by atoms with van der Waals surface area (Å²) in [7, 11) is 0. The van der Waals surface area contributed by atoms with Crippen molar-refractivity contribution in [2.45, 2.75) is 52.5 Å². The van der Waals surface area contributed by atoms with E-state index >= 15 is 0 Å². The Hall–Kier alpha value is -0.690. The van der Waals surface area contributed by atoms with E-state index in [9.17, 15) is 0 Å². The number of benzene rings is 1. The van der Waals surface area contributed by atoms with Gasteiger partial charge >= 0.3 is 0 Å². The van der Waals surface area contributed by atoms with E-state index in [0.29, 0.717) is 11.5 Å². The topological polar surface area (TPSA) is 12.0 Å². The summed E-state index contributed by atoms with van der Waals surface area (Å²) in [6.45, 7) is 6.82. The lowest BCUT2D eigenvalue weighted by Gasteiger charge is -2.36. The summed E-state index contributed by atoms with van der Waals surface area (Å²) in [5.74, 6) is 0. The molecule has 1 aromatic carbocycles. The Kier molecular flexibility index (Phi) is 3.67. The fourth-order valence-electron chi connectivity index (χ4n) is 2.81. The van der Waals surface area contributed by atoms with Crippen LogP contribution < -0.4 is 5.32 Å². The number of hydrogen-bond acceptors (Lipinski definition) is 1. The van der Waals surface area contributed by atoms with Gasteiger partial charge in [0.05, 0.1) is 0 Å². The van der Waals surface area contributed by atoms with Gasteiger partial charge in [-0.25, -0.2) is 0 Å². The molecule has 0 amide bonds. The molecule has 1 aliphatic rings. The first-order chi connectivity index (χ1) is 7.98. The first kappa shape index (κ1) is 12.8. The van der Waals surface area contributed by atoms with Gasteiger partial charge in [0, 0.05) is 16.8 Å². The van der Waals surface area contributed by atoms with Crippen molar-refractivity contribution in [2.75, 3.05) is 5.32 Å². The van der Waals surface area contributed by atoms with Gasteiger partial charge in [0.15, 0.2) is 0 Å². The van der Waals surface area contributed by atoms with Crippen molar-refractivity contribution in [3.8, 4) is 0 Å². The minimum Gasteiger partial charge on any atom is -0.382 e. The maximum Gasteiger partial charge on any atom is 0.0455 e. The standard InChI is InChI=1S/C15H22ClN/c1-11-13(16)7-4-8-14(11)17-12-6-5-9-15(2,3)10-12/h4,7-8,12,17H,5-6,9-10H2,1-3H3. The smallest absolute Gasteiger partial charge is 0.0455 e. The molecule has 0 aliphatic heterocycles. The largest absolute Gasteiger partial charge is 0.382 e. The Labute approximate surface area is 110 Å². The van der Waals surface area contributed by atoms with E-state index < -0.39 is 0 Å². The van der Waals surface area contributed by atoms with Crippen molar-refractivity contribution in [1.29, 1.82) is 0 Å². The molecule has 1 aliphatic carbocycles. The molecule has 2 rings (SSSR count). The Morgan fingerprint density at radius 1 is 1.35 bits per heavy atom. The van der Waals surface area contributed by atoms with Gasteiger partial charge in [-0.15, -0.1) is 0 Å². The van der Waals surface area contributed by atoms with E-state index in [0.717, 1.165) is 10.6 Å². The van der Waals surface area contributed by atoms with E-state index in [1.807, 2.05) is 12.1 Å². The summed E-state index contributed by atoms with van der Waals surface area (Å²) in [5, 5.41) is 4.51. The molecule has 0 aromatic heterocycles. The molecule has 0 radical (unpaired) electrons. The summed E-state index contributed by atoms with van der Waals surface area (Å²) in [5.41, 5.74) is 2.83. The summed E-state index contributed by atoms with van der Waals surface area (Å²) < 4.78 is 0. The van der Waals surface area contributed by atoms with Gasteiger partial charge in [0.25, 0.3) is 0 Å². The van der Waals surface area contributed by atoms with Crippen LogP contribution in [0.5, 0.6) is 0 Å². The fourth-order valence-corrected chi connectivity index (χ4v) is 2.98. The predicted octanol–water partition coefficient (Wildman–Crippen LogP) is 5.03. The molecule has 94 valence electrons. The molecular formula is C15H22ClN. The van der Waals surface area contributed by atoms with Crippen LogP contribution >= 0.6 is 11.6 Å². The lowest BCUT2D eigenvalue weighted by molar-refractivity contribution is 0.229. The zero-order valence-electron chi connectivity index (χ0n) is 11.0. The van der Waals surface area contributed by atoms with Crippen molar-refractivity contribution in [2.24, 2.45) is 5.41 Å². The molecule has 1 nitrogen and oxygen atoms in total. The molecule has 0 heterocycles. The van der Waals surface area contributed by atoms with Crippen LogP contribution in [-0.2, 0) is 0 Å². The van der Waals surface area contributed by atoms with Crippen molar-refractivity contribution >= 4 is 17.3 Å². The molecule has 1 fully saturated rings. The fraction of sp³-hybridized carbons (Fsp3) is 0.600. The molecule has 1 atom stereocenters. The van der Waals surface area contributed by atoms with Crippen molar-refractivity contribution < 1.29 is 0 Å². The summed E-state index contributed by atoms with van der Waals surface area (Å²) in [6.07, 6.45) is 5.19. The van der Waals surface area contributed by atoms with Gasteiger partial charge < -0.3 is 5.32 Å². The quantitative estimate of drug-likeness (QED) is 0.778. The van der Waals surface area contributed by atoms with Gasteiger partial charge in [-0.2, -0.15) is 0 Å². The van der Waals surface area contributed by atoms with Gasteiger partial charge in [0.2, 0.25) is 0 Å². The number of hydrogen-bond donors (Lipinski definition) is 1. The van der Waals surface area contributed by atoms with Crippen LogP contribution in [0.3, 0.4) is 0 Å². The summed E-state index contributed by atoms with van der Waals surface area (Å²) >= 11 is 6.15. The van der Waals surface area contributed by atoms with Crippen LogP contribution in [-0.4, -0.2) is 6.04 Å². The lowest BCUT2D eigenvalue weighted by Crippen LogP contribution is -2.31. The summed E-state index contributed by atoms with van der Waals surface area (Å²) in [6, 6.07) is 6.69. The third-order valence-corrected chi connectivity index (χ3v) is 4.24. The second kappa shape index (κ2) is 4.89. The Morgan fingerprint density at radius 2 is 2.12 bits per heavy atom. The van der Waals surface area contributed by atoms with Crippen LogP contribution in [0.1, 0.15) is 45.1 Å². The number of nitrogens with one attached hydrogen (secondary N) is 1. The molecule has 0 saturated heterocycles. The van der Waals surface area contributed by atoms with Crippen LogP contribution in [0.2, 0.25) is 5.02 Å². The minimum atomic E-state index is 0.475. The highest BCUT2D eigenvalue weighted by Gasteiger charge is 2.27. The van der Waals surface area contributed by atoms with E-state index in [-0.39, 0.29) is 0 Å². The SMILES string of the molecule is Cc1c(Cl)cccc1NC1CCCC(C)(C)C1. The van der Waals surface area contributed by atoms with E-state index in [1.54, 1.807) is 0 Å². The number of halogens is 1. The second-order valence-electron chi connectivity index (χ2n) is 6.01. The van der Waals surface area contributed by atoms with Gasteiger partial charge in [-0.1, -0.05) is 37.9 Å². The highest BCUT2D eigenvalue weighted by molar-refractivity contribution is 6.31. The zero-order valence-corrected chi connectivity index (χ0v) is 11.8. The highest BCUT2D eigenvalue weighted by atomic mass is 35.5. The maximum absolute atomic E-state index is 6.15. The van der Waals surface area contributed by atoms with Crippen LogP contribution in [0.25, 0.3) is 0 Å². The monoisotopic (exact) mass is 251 g/mol. The molecule has 2 heteroatoms. The van der Waals surface area contributed by atoms with Crippen molar-refractivity contribution in [1.82, 2.24) is 0 Å². The van der Waals surface area contributed by atoms with Gasteiger partial charge in [0.1, 0.15) is 0 Å². The highest BCUT2D eigenvalue weighted by Crippen LogP contribution is 2.37. The Balaban J connectivity index is 2.08. The average Bonchev–Trinajstić information content (AvgIpc) is 2.23.